The van der Waals surface area contributed by atoms with Gasteiger partial charge in [0.2, 0.25) is 0 Å². The van der Waals surface area contributed by atoms with Crippen LogP contribution in [0, 0.1) is 6.92 Å². The van der Waals surface area contributed by atoms with E-state index < -0.39 is 0 Å². The number of amides is 1. The second kappa shape index (κ2) is 7.68. The molecule has 1 aromatic carbocycles. The van der Waals surface area contributed by atoms with E-state index in [2.05, 4.69) is 33.5 Å². The lowest BCUT2D eigenvalue weighted by atomic mass is 10.1. The number of aryl methyl sites for hydroxylation is 1. The van der Waals surface area contributed by atoms with Gasteiger partial charge < -0.3 is 9.64 Å². The van der Waals surface area contributed by atoms with E-state index in [9.17, 15) is 4.79 Å². The molecule has 3 aromatic heterocycles. The van der Waals surface area contributed by atoms with Crippen molar-refractivity contribution in [3.63, 3.8) is 0 Å². The van der Waals surface area contributed by atoms with Crippen LogP contribution < -0.4 is 0 Å². The molecule has 0 spiro atoms. The summed E-state index contributed by atoms with van der Waals surface area (Å²) < 4.78 is 7.72. The lowest BCUT2D eigenvalue weighted by Crippen LogP contribution is -2.42. The first kappa shape index (κ1) is 18.4. The Bertz CT molecular complexity index is 1200. The maximum atomic E-state index is 12.9. The van der Waals surface area contributed by atoms with Crippen molar-refractivity contribution in [2.75, 3.05) is 19.7 Å². The number of ether oxygens (including phenoxy) is 1. The van der Waals surface area contributed by atoms with E-state index in [1.165, 1.54) is 0 Å². The number of nitrogens with zero attached hydrogens (tertiary/aromatic N) is 5. The van der Waals surface area contributed by atoms with Crippen LogP contribution in [0.3, 0.4) is 0 Å². The van der Waals surface area contributed by atoms with E-state index >= 15 is 0 Å². The molecule has 1 amide bonds. The summed E-state index contributed by atoms with van der Waals surface area (Å²) in [6.45, 7) is 3.28. The monoisotopic (exact) mass is 399 g/mol. The Hall–Kier alpha value is -3.58. The molecule has 1 fully saturated rings. The van der Waals surface area contributed by atoms with Crippen molar-refractivity contribution in [3.05, 3.63) is 83.9 Å². The highest BCUT2D eigenvalue weighted by Gasteiger charge is 2.29. The van der Waals surface area contributed by atoms with Crippen LogP contribution in [0.25, 0.3) is 16.6 Å². The summed E-state index contributed by atoms with van der Waals surface area (Å²) >= 11 is 0. The third kappa shape index (κ3) is 3.44. The number of morpholine rings is 1. The number of hydrogen-bond acceptors (Lipinski definition) is 5. The normalized spacial score (nSPS) is 16.7. The summed E-state index contributed by atoms with van der Waals surface area (Å²) in [7, 11) is 0. The third-order valence-corrected chi connectivity index (χ3v) is 5.31. The van der Waals surface area contributed by atoms with Crippen LogP contribution in [0.15, 0.2) is 66.9 Å². The number of benzene rings is 1. The first-order valence-corrected chi connectivity index (χ1v) is 9.94. The highest BCUT2D eigenvalue weighted by Crippen LogP contribution is 2.27. The molecule has 30 heavy (non-hydrogen) atoms. The summed E-state index contributed by atoms with van der Waals surface area (Å²) in [4.78, 5) is 19.0. The van der Waals surface area contributed by atoms with Crippen LogP contribution in [0.4, 0.5) is 0 Å². The van der Waals surface area contributed by atoms with Crippen LogP contribution >= 0.6 is 0 Å². The van der Waals surface area contributed by atoms with E-state index in [1.807, 2.05) is 49.5 Å². The number of fused-ring (bicyclic) bond motifs is 1. The average Bonchev–Trinajstić information content (AvgIpc) is 3.22. The van der Waals surface area contributed by atoms with Crippen LogP contribution in [0.2, 0.25) is 0 Å². The number of pyridine rings is 2. The fourth-order valence-corrected chi connectivity index (χ4v) is 3.77. The van der Waals surface area contributed by atoms with Gasteiger partial charge in [0.05, 0.1) is 18.7 Å². The van der Waals surface area contributed by atoms with Gasteiger partial charge in [0.15, 0.2) is 0 Å². The highest BCUT2D eigenvalue weighted by molar-refractivity contribution is 5.92. The van der Waals surface area contributed by atoms with E-state index in [0.717, 1.165) is 28.0 Å². The van der Waals surface area contributed by atoms with Gasteiger partial charge >= 0.3 is 0 Å². The minimum absolute atomic E-state index is 0.0881. The number of carbonyl (C=O) groups excluding carboxylic acids is 1. The Morgan fingerprint density at radius 3 is 2.73 bits per heavy atom. The van der Waals surface area contributed by atoms with E-state index in [-0.39, 0.29) is 12.0 Å². The van der Waals surface area contributed by atoms with E-state index in [4.69, 9.17) is 4.74 Å². The predicted octanol–water partition coefficient (Wildman–Crippen LogP) is 3.31. The molecule has 0 bridgehead atoms. The van der Waals surface area contributed by atoms with Gasteiger partial charge in [-0.15, -0.1) is 5.10 Å². The molecule has 0 unspecified atom stereocenters. The quantitative estimate of drug-likeness (QED) is 0.528. The van der Waals surface area contributed by atoms with Gasteiger partial charge in [0.1, 0.15) is 17.5 Å². The van der Waals surface area contributed by atoms with Crippen LogP contribution in [-0.4, -0.2) is 50.3 Å². The molecule has 5 rings (SSSR count). The lowest BCUT2D eigenvalue weighted by molar-refractivity contribution is -0.0243. The SMILES string of the molecule is Cc1cccc(C(=O)N2CCO[C@H](c3nnn4cc(-c5ccccc5)ccc34)C2)n1. The Morgan fingerprint density at radius 2 is 1.90 bits per heavy atom. The first-order chi connectivity index (χ1) is 14.7. The number of hydrogen-bond donors (Lipinski definition) is 0. The average molecular weight is 399 g/mol. The van der Waals surface area contributed by atoms with Gasteiger partial charge in [0.25, 0.3) is 5.91 Å². The number of rotatable bonds is 3. The minimum atomic E-state index is -0.326. The van der Waals surface area contributed by atoms with Crippen molar-refractivity contribution in [1.82, 2.24) is 24.7 Å². The number of aromatic nitrogens is 4. The van der Waals surface area contributed by atoms with Crippen LogP contribution in [0.1, 0.15) is 28.0 Å². The predicted molar refractivity (Wildman–Crippen MR) is 112 cm³/mol. The fraction of sp³-hybridized carbons (Fsp3) is 0.217. The molecule has 0 radical (unpaired) electrons. The Labute approximate surface area is 173 Å². The largest absolute Gasteiger partial charge is 0.368 e. The Morgan fingerprint density at radius 1 is 1.03 bits per heavy atom. The molecule has 1 saturated heterocycles. The lowest BCUT2D eigenvalue weighted by Gasteiger charge is -2.32. The van der Waals surface area contributed by atoms with Crippen molar-refractivity contribution in [2.45, 2.75) is 13.0 Å². The summed E-state index contributed by atoms with van der Waals surface area (Å²) in [5, 5.41) is 8.66. The van der Waals surface area contributed by atoms with Gasteiger partial charge in [0, 0.05) is 24.0 Å². The van der Waals surface area contributed by atoms with E-state index in [1.54, 1.807) is 15.5 Å². The van der Waals surface area contributed by atoms with Gasteiger partial charge in [-0.3, -0.25) is 4.79 Å². The molecule has 4 heterocycles. The van der Waals surface area contributed by atoms with Crippen LogP contribution in [0.5, 0.6) is 0 Å². The zero-order chi connectivity index (χ0) is 20.5. The molecular weight excluding hydrogens is 378 g/mol. The smallest absolute Gasteiger partial charge is 0.272 e. The third-order valence-electron chi connectivity index (χ3n) is 5.31. The van der Waals surface area contributed by atoms with Gasteiger partial charge in [-0.2, -0.15) is 0 Å². The fourth-order valence-electron chi connectivity index (χ4n) is 3.77. The molecule has 0 aliphatic carbocycles. The highest BCUT2D eigenvalue weighted by atomic mass is 16.5. The molecule has 1 aliphatic heterocycles. The first-order valence-electron chi connectivity index (χ1n) is 9.94. The molecule has 1 aliphatic rings. The zero-order valence-corrected chi connectivity index (χ0v) is 16.6. The molecule has 4 aromatic rings. The molecular formula is C23H21N5O2. The molecule has 0 N–H and O–H groups in total. The Balaban J connectivity index is 1.40. The van der Waals surface area contributed by atoms with Crippen molar-refractivity contribution in [3.8, 4) is 11.1 Å². The van der Waals surface area contributed by atoms with Crippen LogP contribution in [-0.2, 0) is 4.74 Å². The summed E-state index contributed by atoms with van der Waals surface area (Å²) in [5.74, 6) is -0.0881. The second-order valence-corrected chi connectivity index (χ2v) is 7.36. The minimum Gasteiger partial charge on any atom is -0.368 e. The molecule has 7 nitrogen and oxygen atoms in total. The maximum absolute atomic E-state index is 12.9. The summed E-state index contributed by atoms with van der Waals surface area (Å²) in [6.07, 6.45) is 1.64. The number of carbonyl (C=O) groups is 1. The van der Waals surface area contributed by atoms with Gasteiger partial charge in [-0.25, -0.2) is 9.50 Å². The zero-order valence-electron chi connectivity index (χ0n) is 16.6. The molecule has 150 valence electrons. The van der Waals surface area contributed by atoms with E-state index in [0.29, 0.717) is 25.4 Å². The molecule has 1 atom stereocenters. The van der Waals surface area contributed by atoms with Crippen molar-refractivity contribution >= 4 is 11.4 Å². The van der Waals surface area contributed by atoms with Crippen molar-refractivity contribution in [1.29, 1.82) is 0 Å². The topological polar surface area (TPSA) is 72.6 Å². The van der Waals surface area contributed by atoms with Gasteiger partial charge in [-0.1, -0.05) is 47.7 Å². The van der Waals surface area contributed by atoms with Crippen molar-refractivity contribution in [2.24, 2.45) is 0 Å². The Kier molecular flexibility index (Phi) is 4.72. The van der Waals surface area contributed by atoms with Gasteiger partial charge in [-0.05, 0) is 30.7 Å². The van der Waals surface area contributed by atoms with Crippen molar-refractivity contribution < 1.29 is 9.53 Å². The molecule has 7 heteroatoms. The second-order valence-electron chi connectivity index (χ2n) is 7.36. The summed E-state index contributed by atoms with van der Waals surface area (Å²) in [5.41, 5.74) is 5.08. The maximum Gasteiger partial charge on any atom is 0.272 e. The molecule has 0 saturated carbocycles. The summed E-state index contributed by atoms with van der Waals surface area (Å²) in [6, 6.07) is 19.7. The standard InChI is InChI=1S/C23H21N5O2/c1-16-6-5-9-19(24-16)23(29)27-12-13-30-21(15-27)22-20-11-10-18(14-28(20)26-25-22)17-7-3-2-4-8-17/h2-11,14,21H,12-13,15H2,1H3/t21-/m0/s1.